The highest BCUT2D eigenvalue weighted by molar-refractivity contribution is 5.88. The summed E-state index contributed by atoms with van der Waals surface area (Å²) >= 11 is 0. The first-order chi connectivity index (χ1) is 12.2. The van der Waals surface area contributed by atoms with Gasteiger partial charge in [0.05, 0.1) is 6.42 Å². The monoisotopic (exact) mass is 335 g/mol. The number of fused-ring (bicyclic) bond motifs is 1. The Bertz CT molecular complexity index is 810. The largest absolute Gasteiger partial charge is 0.361 e. The minimum absolute atomic E-state index is 0.0791. The molecule has 0 radical (unpaired) electrons. The molecule has 25 heavy (non-hydrogen) atoms. The molecule has 0 bridgehead atoms. The zero-order valence-corrected chi connectivity index (χ0v) is 14.7. The van der Waals surface area contributed by atoms with Crippen LogP contribution in [-0.2, 0) is 17.8 Å². The van der Waals surface area contributed by atoms with Crippen LogP contribution in [-0.4, -0.2) is 35.9 Å². The van der Waals surface area contributed by atoms with E-state index in [0.717, 1.165) is 36.0 Å². The SMILES string of the molecule is CN(CCCNC(=O)Cc1c[nH]c2ccccc12)Cc1ccccc1. The van der Waals surface area contributed by atoms with Crippen molar-refractivity contribution in [3.8, 4) is 0 Å². The first-order valence-electron chi connectivity index (χ1n) is 8.76. The number of para-hydroxylation sites is 1. The van der Waals surface area contributed by atoms with Crippen LogP contribution in [0.15, 0.2) is 60.8 Å². The summed E-state index contributed by atoms with van der Waals surface area (Å²) in [7, 11) is 2.11. The maximum atomic E-state index is 12.2. The van der Waals surface area contributed by atoms with E-state index in [9.17, 15) is 4.79 Å². The molecule has 4 heteroatoms. The lowest BCUT2D eigenvalue weighted by molar-refractivity contribution is -0.120. The minimum atomic E-state index is 0.0791. The molecular formula is C21H25N3O. The molecule has 0 spiro atoms. The Kier molecular flexibility index (Phi) is 5.86. The minimum Gasteiger partial charge on any atom is -0.361 e. The number of carbonyl (C=O) groups is 1. The fraction of sp³-hybridized carbons (Fsp3) is 0.286. The zero-order valence-electron chi connectivity index (χ0n) is 14.7. The van der Waals surface area contributed by atoms with E-state index < -0.39 is 0 Å². The van der Waals surface area contributed by atoms with Crippen LogP contribution in [0.5, 0.6) is 0 Å². The van der Waals surface area contributed by atoms with Crippen LogP contribution in [0, 0.1) is 0 Å². The molecule has 3 rings (SSSR count). The van der Waals surface area contributed by atoms with Gasteiger partial charge in [0, 0.05) is 30.2 Å². The van der Waals surface area contributed by atoms with Gasteiger partial charge in [-0.2, -0.15) is 0 Å². The number of rotatable bonds is 8. The zero-order chi connectivity index (χ0) is 17.5. The summed E-state index contributed by atoms with van der Waals surface area (Å²) < 4.78 is 0. The van der Waals surface area contributed by atoms with Crippen LogP contribution in [0.25, 0.3) is 10.9 Å². The molecule has 1 aromatic heterocycles. The Balaban J connectivity index is 1.38. The highest BCUT2D eigenvalue weighted by Crippen LogP contribution is 2.17. The molecule has 0 saturated carbocycles. The van der Waals surface area contributed by atoms with Gasteiger partial charge in [0.2, 0.25) is 5.91 Å². The molecule has 0 aliphatic carbocycles. The van der Waals surface area contributed by atoms with Crippen molar-refractivity contribution in [2.45, 2.75) is 19.4 Å². The quantitative estimate of drug-likeness (QED) is 0.620. The molecule has 2 aromatic carbocycles. The molecule has 130 valence electrons. The van der Waals surface area contributed by atoms with E-state index in [4.69, 9.17) is 0 Å². The molecule has 0 saturated heterocycles. The molecule has 1 heterocycles. The second-order valence-corrected chi connectivity index (χ2v) is 6.46. The van der Waals surface area contributed by atoms with Crippen LogP contribution in [0.4, 0.5) is 0 Å². The standard InChI is InChI=1S/C21H25N3O/c1-24(16-17-8-3-2-4-9-17)13-7-12-22-21(25)14-18-15-23-20-11-6-5-10-19(18)20/h2-6,8-11,15,23H,7,12-14,16H2,1H3,(H,22,25). The summed E-state index contributed by atoms with van der Waals surface area (Å²) in [6.07, 6.45) is 3.30. The number of nitrogens with zero attached hydrogens (tertiary/aromatic N) is 1. The second kappa shape index (κ2) is 8.49. The van der Waals surface area contributed by atoms with Crippen molar-refractivity contribution in [2.24, 2.45) is 0 Å². The highest BCUT2D eigenvalue weighted by atomic mass is 16.1. The van der Waals surface area contributed by atoms with Gasteiger partial charge in [-0.15, -0.1) is 0 Å². The number of amides is 1. The van der Waals surface area contributed by atoms with Gasteiger partial charge in [0.1, 0.15) is 0 Å². The summed E-state index contributed by atoms with van der Waals surface area (Å²) in [6.45, 7) is 2.60. The number of aromatic nitrogens is 1. The molecule has 3 aromatic rings. The number of aromatic amines is 1. The average molecular weight is 335 g/mol. The Hall–Kier alpha value is -2.59. The third kappa shape index (κ3) is 4.94. The third-order valence-corrected chi connectivity index (χ3v) is 4.36. The third-order valence-electron chi connectivity index (χ3n) is 4.36. The lowest BCUT2D eigenvalue weighted by atomic mass is 10.1. The smallest absolute Gasteiger partial charge is 0.224 e. The Morgan fingerprint density at radius 3 is 2.68 bits per heavy atom. The van der Waals surface area contributed by atoms with Gasteiger partial charge in [-0.05, 0) is 37.2 Å². The summed E-state index contributed by atoms with van der Waals surface area (Å²) in [5.41, 5.74) is 3.44. The van der Waals surface area contributed by atoms with Crippen LogP contribution in [0.1, 0.15) is 17.5 Å². The van der Waals surface area contributed by atoms with E-state index in [0.29, 0.717) is 13.0 Å². The number of hydrogen-bond acceptors (Lipinski definition) is 2. The van der Waals surface area contributed by atoms with E-state index in [1.54, 1.807) is 0 Å². The van der Waals surface area contributed by atoms with E-state index in [1.807, 2.05) is 36.5 Å². The summed E-state index contributed by atoms with van der Waals surface area (Å²) in [5, 5.41) is 4.15. The Labute approximate surface area is 148 Å². The molecule has 4 nitrogen and oxygen atoms in total. The second-order valence-electron chi connectivity index (χ2n) is 6.46. The Morgan fingerprint density at radius 1 is 1.08 bits per heavy atom. The lowest BCUT2D eigenvalue weighted by Crippen LogP contribution is -2.29. The van der Waals surface area contributed by atoms with E-state index >= 15 is 0 Å². The molecule has 1 amide bonds. The van der Waals surface area contributed by atoms with Gasteiger partial charge in [-0.1, -0.05) is 48.5 Å². The predicted molar refractivity (Wildman–Crippen MR) is 102 cm³/mol. The number of H-pyrrole nitrogens is 1. The molecule has 0 aliphatic rings. The Morgan fingerprint density at radius 2 is 1.84 bits per heavy atom. The number of benzene rings is 2. The normalized spacial score (nSPS) is 11.1. The van der Waals surface area contributed by atoms with Crippen molar-refractivity contribution in [3.05, 3.63) is 71.9 Å². The number of nitrogens with one attached hydrogen (secondary N) is 2. The molecule has 0 atom stereocenters. The topological polar surface area (TPSA) is 48.1 Å². The number of hydrogen-bond donors (Lipinski definition) is 2. The van der Waals surface area contributed by atoms with Gasteiger partial charge in [0.25, 0.3) is 0 Å². The van der Waals surface area contributed by atoms with Gasteiger partial charge in [-0.25, -0.2) is 0 Å². The van der Waals surface area contributed by atoms with Crippen molar-refractivity contribution in [1.82, 2.24) is 15.2 Å². The molecule has 0 unspecified atom stereocenters. The highest BCUT2D eigenvalue weighted by Gasteiger charge is 2.08. The maximum Gasteiger partial charge on any atom is 0.224 e. The van der Waals surface area contributed by atoms with Gasteiger partial charge >= 0.3 is 0 Å². The summed E-state index contributed by atoms with van der Waals surface area (Å²) in [6, 6.07) is 18.5. The fourth-order valence-corrected chi connectivity index (χ4v) is 3.06. The van der Waals surface area contributed by atoms with Crippen molar-refractivity contribution in [1.29, 1.82) is 0 Å². The van der Waals surface area contributed by atoms with E-state index in [-0.39, 0.29) is 5.91 Å². The molecular weight excluding hydrogens is 310 g/mol. The summed E-state index contributed by atoms with van der Waals surface area (Å²) in [5.74, 6) is 0.0791. The maximum absolute atomic E-state index is 12.2. The molecule has 2 N–H and O–H groups in total. The number of carbonyl (C=O) groups excluding carboxylic acids is 1. The first-order valence-corrected chi connectivity index (χ1v) is 8.76. The van der Waals surface area contributed by atoms with Crippen LogP contribution < -0.4 is 5.32 Å². The molecule has 0 fully saturated rings. The van der Waals surface area contributed by atoms with Crippen molar-refractivity contribution >= 4 is 16.8 Å². The van der Waals surface area contributed by atoms with Crippen LogP contribution in [0.2, 0.25) is 0 Å². The van der Waals surface area contributed by atoms with Crippen molar-refractivity contribution in [3.63, 3.8) is 0 Å². The average Bonchev–Trinajstić information content (AvgIpc) is 3.03. The van der Waals surface area contributed by atoms with Crippen molar-refractivity contribution < 1.29 is 4.79 Å². The van der Waals surface area contributed by atoms with Gasteiger partial charge in [-0.3, -0.25) is 4.79 Å². The van der Waals surface area contributed by atoms with Crippen LogP contribution >= 0.6 is 0 Å². The lowest BCUT2D eigenvalue weighted by Gasteiger charge is -2.16. The van der Waals surface area contributed by atoms with Gasteiger partial charge in [0.15, 0.2) is 0 Å². The summed E-state index contributed by atoms with van der Waals surface area (Å²) in [4.78, 5) is 17.6. The fourth-order valence-electron chi connectivity index (χ4n) is 3.06. The van der Waals surface area contributed by atoms with Crippen LogP contribution in [0.3, 0.4) is 0 Å². The molecule has 0 aliphatic heterocycles. The van der Waals surface area contributed by atoms with Crippen molar-refractivity contribution in [2.75, 3.05) is 20.1 Å². The van der Waals surface area contributed by atoms with E-state index in [2.05, 4.69) is 46.5 Å². The first kappa shape index (κ1) is 17.2. The van der Waals surface area contributed by atoms with Gasteiger partial charge < -0.3 is 15.2 Å². The predicted octanol–water partition coefficient (Wildman–Crippen LogP) is 3.35. The van der Waals surface area contributed by atoms with E-state index in [1.165, 1.54) is 5.56 Å².